The first-order valence-electron chi connectivity index (χ1n) is 5.85. The Bertz CT molecular complexity index is 421. The van der Waals surface area contributed by atoms with Crippen LogP contribution in [0.25, 0.3) is 0 Å². The van der Waals surface area contributed by atoms with Crippen molar-refractivity contribution < 1.29 is 14.6 Å². The molecule has 2 rings (SSSR count). The third kappa shape index (κ3) is 2.44. The smallest absolute Gasteiger partial charge is 0.143 e. The number of rotatable bonds is 3. The van der Waals surface area contributed by atoms with Crippen molar-refractivity contribution in [1.82, 2.24) is 0 Å². The SMILES string of the molecule is COc1cccc(C(C)(O)C2=CCCCO2)c1. The fourth-order valence-electron chi connectivity index (χ4n) is 1.96. The standard InChI is InChI=1S/C14H18O3/c1-14(15,13-8-3-4-9-17-13)11-6-5-7-12(10-11)16-2/h5-8,10,15H,3-4,9H2,1-2H3. The lowest BCUT2D eigenvalue weighted by Gasteiger charge is -2.29. The molecule has 0 aromatic heterocycles. The quantitative estimate of drug-likeness (QED) is 0.873. The monoisotopic (exact) mass is 234 g/mol. The molecular formula is C14H18O3. The van der Waals surface area contributed by atoms with Crippen LogP contribution in [-0.4, -0.2) is 18.8 Å². The van der Waals surface area contributed by atoms with E-state index in [9.17, 15) is 5.11 Å². The summed E-state index contributed by atoms with van der Waals surface area (Å²) in [5.74, 6) is 1.37. The van der Waals surface area contributed by atoms with Gasteiger partial charge in [-0.15, -0.1) is 0 Å². The molecule has 1 aliphatic rings. The van der Waals surface area contributed by atoms with Gasteiger partial charge in [0.25, 0.3) is 0 Å². The molecule has 0 bridgehead atoms. The Labute approximate surface area is 102 Å². The molecule has 1 aromatic rings. The first-order chi connectivity index (χ1) is 8.14. The van der Waals surface area contributed by atoms with Crippen LogP contribution in [0.3, 0.4) is 0 Å². The van der Waals surface area contributed by atoms with Crippen LogP contribution in [0.4, 0.5) is 0 Å². The lowest BCUT2D eigenvalue weighted by molar-refractivity contribution is 0.0149. The third-order valence-electron chi connectivity index (χ3n) is 3.05. The lowest BCUT2D eigenvalue weighted by Crippen LogP contribution is -2.27. The van der Waals surface area contributed by atoms with Crippen LogP contribution in [0.2, 0.25) is 0 Å². The minimum absolute atomic E-state index is 0.636. The van der Waals surface area contributed by atoms with Crippen LogP contribution < -0.4 is 4.74 Å². The Morgan fingerprint density at radius 1 is 1.41 bits per heavy atom. The maximum atomic E-state index is 10.6. The number of hydrogen-bond donors (Lipinski definition) is 1. The molecule has 0 saturated carbocycles. The van der Waals surface area contributed by atoms with Gasteiger partial charge in [0, 0.05) is 0 Å². The summed E-state index contributed by atoms with van der Waals surface area (Å²) in [5, 5.41) is 10.6. The van der Waals surface area contributed by atoms with Crippen LogP contribution in [0.1, 0.15) is 25.3 Å². The molecule has 1 atom stereocenters. The van der Waals surface area contributed by atoms with Crippen LogP contribution in [0.5, 0.6) is 5.75 Å². The number of ether oxygens (including phenoxy) is 2. The van der Waals surface area contributed by atoms with E-state index in [4.69, 9.17) is 9.47 Å². The Balaban J connectivity index is 2.32. The summed E-state index contributed by atoms with van der Waals surface area (Å²) in [4.78, 5) is 0. The summed E-state index contributed by atoms with van der Waals surface area (Å²) in [6.07, 6.45) is 3.93. The minimum Gasteiger partial charge on any atom is -0.497 e. The van der Waals surface area contributed by atoms with E-state index < -0.39 is 5.60 Å². The van der Waals surface area contributed by atoms with Gasteiger partial charge in [-0.1, -0.05) is 12.1 Å². The Morgan fingerprint density at radius 2 is 2.24 bits per heavy atom. The van der Waals surface area contributed by atoms with Crippen molar-refractivity contribution in [1.29, 1.82) is 0 Å². The molecule has 0 aliphatic carbocycles. The molecule has 0 saturated heterocycles. The maximum absolute atomic E-state index is 10.6. The first kappa shape index (κ1) is 12.0. The molecule has 0 amide bonds. The topological polar surface area (TPSA) is 38.7 Å². The molecule has 0 fully saturated rings. The zero-order valence-corrected chi connectivity index (χ0v) is 10.3. The van der Waals surface area contributed by atoms with Crippen molar-refractivity contribution >= 4 is 0 Å². The molecule has 3 heteroatoms. The van der Waals surface area contributed by atoms with E-state index in [1.807, 2.05) is 30.3 Å². The van der Waals surface area contributed by atoms with Crippen molar-refractivity contribution in [2.45, 2.75) is 25.4 Å². The summed E-state index contributed by atoms with van der Waals surface area (Å²) in [6.45, 7) is 2.42. The molecule has 92 valence electrons. The van der Waals surface area contributed by atoms with Crippen LogP contribution in [-0.2, 0) is 10.3 Å². The maximum Gasteiger partial charge on any atom is 0.143 e. The van der Waals surface area contributed by atoms with E-state index in [0.29, 0.717) is 12.4 Å². The van der Waals surface area contributed by atoms with Gasteiger partial charge in [-0.2, -0.15) is 0 Å². The molecule has 1 aliphatic heterocycles. The number of allylic oxidation sites excluding steroid dienone is 1. The van der Waals surface area contributed by atoms with Crippen molar-refractivity contribution in [3.63, 3.8) is 0 Å². The normalized spacial score (nSPS) is 18.9. The highest BCUT2D eigenvalue weighted by Crippen LogP contribution is 2.33. The van der Waals surface area contributed by atoms with Gasteiger partial charge in [0.1, 0.15) is 17.1 Å². The van der Waals surface area contributed by atoms with Crippen LogP contribution >= 0.6 is 0 Å². The van der Waals surface area contributed by atoms with Crippen molar-refractivity contribution in [2.24, 2.45) is 0 Å². The number of hydrogen-bond acceptors (Lipinski definition) is 3. The van der Waals surface area contributed by atoms with E-state index in [-0.39, 0.29) is 0 Å². The molecule has 1 unspecified atom stereocenters. The van der Waals surface area contributed by atoms with Crippen LogP contribution in [0.15, 0.2) is 36.1 Å². The molecule has 1 heterocycles. The fourth-order valence-corrected chi connectivity index (χ4v) is 1.96. The molecule has 17 heavy (non-hydrogen) atoms. The lowest BCUT2D eigenvalue weighted by atomic mass is 9.92. The predicted octanol–water partition coefficient (Wildman–Crippen LogP) is 2.60. The minimum atomic E-state index is -1.09. The van der Waals surface area contributed by atoms with Gasteiger partial charge in [0.05, 0.1) is 13.7 Å². The van der Waals surface area contributed by atoms with Crippen molar-refractivity contribution in [3.05, 3.63) is 41.7 Å². The second-order valence-electron chi connectivity index (χ2n) is 4.36. The summed E-state index contributed by atoms with van der Waals surface area (Å²) >= 11 is 0. The fraction of sp³-hybridized carbons (Fsp3) is 0.429. The zero-order chi connectivity index (χ0) is 12.3. The highest BCUT2D eigenvalue weighted by atomic mass is 16.5. The second-order valence-corrected chi connectivity index (χ2v) is 4.36. The number of aliphatic hydroxyl groups is 1. The number of benzene rings is 1. The van der Waals surface area contributed by atoms with Gasteiger partial charge in [-0.05, 0) is 43.5 Å². The van der Waals surface area contributed by atoms with Gasteiger partial charge in [-0.25, -0.2) is 0 Å². The van der Waals surface area contributed by atoms with E-state index >= 15 is 0 Å². The number of methoxy groups -OCH3 is 1. The van der Waals surface area contributed by atoms with Gasteiger partial charge >= 0.3 is 0 Å². The summed E-state index contributed by atoms with van der Waals surface area (Å²) in [6, 6.07) is 7.43. The van der Waals surface area contributed by atoms with Gasteiger partial charge in [0.15, 0.2) is 0 Å². The molecule has 3 nitrogen and oxygen atoms in total. The van der Waals surface area contributed by atoms with Gasteiger partial charge in [-0.3, -0.25) is 0 Å². The van der Waals surface area contributed by atoms with Crippen molar-refractivity contribution in [2.75, 3.05) is 13.7 Å². The van der Waals surface area contributed by atoms with Gasteiger partial charge in [0.2, 0.25) is 0 Å². The van der Waals surface area contributed by atoms with Crippen molar-refractivity contribution in [3.8, 4) is 5.75 Å². The Kier molecular flexibility index (Phi) is 3.38. The predicted molar refractivity (Wildman–Crippen MR) is 65.8 cm³/mol. The van der Waals surface area contributed by atoms with Crippen LogP contribution in [0, 0.1) is 0 Å². The average molecular weight is 234 g/mol. The molecule has 0 spiro atoms. The third-order valence-corrected chi connectivity index (χ3v) is 3.05. The zero-order valence-electron chi connectivity index (χ0n) is 10.3. The van der Waals surface area contributed by atoms with E-state index in [1.54, 1.807) is 14.0 Å². The molecular weight excluding hydrogens is 216 g/mol. The van der Waals surface area contributed by atoms with E-state index in [0.717, 1.165) is 24.2 Å². The highest BCUT2D eigenvalue weighted by molar-refractivity contribution is 5.36. The van der Waals surface area contributed by atoms with E-state index in [2.05, 4.69) is 0 Å². The van der Waals surface area contributed by atoms with E-state index in [1.165, 1.54) is 0 Å². The highest BCUT2D eigenvalue weighted by Gasteiger charge is 2.31. The molecule has 0 radical (unpaired) electrons. The summed E-state index contributed by atoms with van der Waals surface area (Å²) < 4.78 is 10.7. The van der Waals surface area contributed by atoms with Gasteiger partial charge < -0.3 is 14.6 Å². The average Bonchev–Trinajstić information content (AvgIpc) is 2.40. The second kappa shape index (κ2) is 4.80. The molecule has 1 aromatic carbocycles. The Hall–Kier alpha value is -1.48. The summed E-state index contributed by atoms with van der Waals surface area (Å²) in [7, 11) is 1.62. The Morgan fingerprint density at radius 3 is 2.88 bits per heavy atom. The molecule has 1 N–H and O–H groups in total. The summed E-state index contributed by atoms with van der Waals surface area (Å²) in [5.41, 5.74) is -0.306. The first-order valence-corrected chi connectivity index (χ1v) is 5.85. The largest absolute Gasteiger partial charge is 0.497 e.